The maximum atomic E-state index is 5.63. The van der Waals surface area contributed by atoms with E-state index >= 15 is 0 Å². The number of hydrogen-bond donors (Lipinski definition) is 0. The molecule has 0 N–H and O–H groups in total. The van der Waals surface area contributed by atoms with Gasteiger partial charge in [0.05, 0.1) is 10.0 Å². The molecule has 0 amide bonds. The number of hydrogen-bond acceptors (Lipinski definition) is 2. The summed E-state index contributed by atoms with van der Waals surface area (Å²) in [6, 6.07) is 3.85. The molecule has 0 bridgehead atoms. The second-order valence-corrected chi connectivity index (χ2v) is 5.78. The van der Waals surface area contributed by atoms with Gasteiger partial charge in [0.2, 0.25) is 0 Å². The fourth-order valence-electron chi connectivity index (χ4n) is 0.781. The fraction of sp³-hybridized carbons (Fsp3) is 0.200. The second kappa shape index (κ2) is 5.76. The fourth-order valence-corrected chi connectivity index (χ4v) is 2.56. The van der Waals surface area contributed by atoms with Crippen LogP contribution in [0.2, 0.25) is 10.0 Å². The maximum Gasteiger partial charge on any atom is 0.0542 e. The van der Waals surface area contributed by atoms with E-state index in [0.717, 1.165) is 10.0 Å². The van der Waals surface area contributed by atoms with Gasteiger partial charge in [0.1, 0.15) is 0 Å². The first-order chi connectivity index (χ1) is 6.59. The molecule has 14 heavy (non-hydrogen) atoms. The summed E-state index contributed by atoms with van der Waals surface area (Å²) in [4.78, 5) is 2.46. The predicted octanol–water partition coefficient (Wildman–Crippen LogP) is 5.42. The molecule has 76 valence electrons. The minimum Gasteiger partial charge on any atom is -0.148 e. The number of thiophene rings is 2. The third-order valence-electron chi connectivity index (χ3n) is 1.49. The van der Waals surface area contributed by atoms with Gasteiger partial charge in [0.15, 0.2) is 0 Å². The van der Waals surface area contributed by atoms with Crippen LogP contribution in [0.5, 0.6) is 0 Å². The van der Waals surface area contributed by atoms with Crippen LogP contribution in [-0.2, 0) is 0 Å². The monoisotopic (exact) mass is 264 g/mol. The quantitative estimate of drug-likeness (QED) is 0.596. The van der Waals surface area contributed by atoms with Crippen molar-refractivity contribution in [1.82, 2.24) is 0 Å². The number of aryl methyl sites for hydroxylation is 2. The van der Waals surface area contributed by atoms with E-state index in [1.165, 1.54) is 9.75 Å². The van der Waals surface area contributed by atoms with E-state index in [9.17, 15) is 0 Å². The van der Waals surface area contributed by atoms with Crippen LogP contribution in [0.1, 0.15) is 9.75 Å². The highest BCUT2D eigenvalue weighted by atomic mass is 35.5. The Labute approximate surface area is 102 Å². The van der Waals surface area contributed by atoms with E-state index in [0.29, 0.717) is 0 Å². The van der Waals surface area contributed by atoms with Crippen LogP contribution >= 0.6 is 45.9 Å². The molecule has 2 aromatic rings. The molecule has 0 atom stereocenters. The average molecular weight is 265 g/mol. The summed E-state index contributed by atoms with van der Waals surface area (Å²) >= 11 is 14.6. The molecule has 0 nitrogen and oxygen atoms in total. The zero-order valence-corrected chi connectivity index (χ0v) is 11.0. The smallest absolute Gasteiger partial charge is 0.0542 e. The van der Waals surface area contributed by atoms with Gasteiger partial charge in [-0.2, -0.15) is 0 Å². The van der Waals surface area contributed by atoms with Crippen LogP contribution < -0.4 is 0 Å². The first kappa shape index (κ1) is 12.1. The van der Waals surface area contributed by atoms with Crippen molar-refractivity contribution in [2.24, 2.45) is 0 Å². The van der Waals surface area contributed by atoms with Crippen LogP contribution in [-0.4, -0.2) is 0 Å². The molecule has 0 aliphatic rings. The molecule has 2 heterocycles. The van der Waals surface area contributed by atoms with Crippen molar-refractivity contribution in [3.8, 4) is 0 Å². The molecule has 4 heteroatoms. The van der Waals surface area contributed by atoms with Crippen molar-refractivity contribution in [1.29, 1.82) is 0 Å². The van der Waals surface area contributed by atoms with Gasteiger partial charge in [-0.05, 0) is 31.4 Å². The van der Waals surface area contributed by atoms with Crippen LogP contribution in [0.3, 0.4) is 0 Å². The lowest BCUT2D eigenvalue weighted by Gasteiger charge is -1.76. The minimum atomic E-state index is 0.850. The van der Waals surface area contributed by atoms with Gasteiger partial charge in [-0.3, -0.25) is 0 Å². The molecule has 2 rings (SSSR count). The SMILES string of the molecule is Cc1cc(Cl)cs1.Cc1sccc1Cl. The van der Waals surface area contributed by atoms with Gasteiger partial charge in [-0.25, -0.2) is 0 Å². The lowest BCUT2D eigenvalue weighted by atomic mass is 10.5. The summed E-state index contributed by atoms with van der Waals surface area (Å²) in [7, 11) is 0. The average Bonchev–Trinajstić information content (AvgIpc) is 2.65. The zero-order chi connectivity index (χ0) is 10.6. The van der Waals surface area contributed by atoms with E-state index in [1.807, 2.05) is 36.7 Å². The van der Waals surface area contributed by atoms with Crippen molar-refractivity contribution in [2.75, 3.05) is 0 Å². The first-order valence-electron chi connectivity index (χ1n) is 4.00. The molecule has 0 aliphatic carbocycles. The van der Waals surface area contributed by atoms with Gasteiger partial charge < -0.3 is 0 Å². The standard InChI is InChI=1S/2C5H5ClS/c1-4-2-5(6)3-7-4;1-4-5(6)2-3-7-4/h2*2-3H,1H3. The van der Waals surface area contributed by atoms with Crippen molar-refractivity contribution in [3.63, 3.8) is 0 Å². The topological polar surface area (TPSA) is 0 Å². The predicted molar refractivity (Wildman–Crippen MR) is 68.1 cm³/mol. The van der Waals surface area contributed by atoms with Crippen LogP contribution in [0, 0.1) is 13.8 Å². The lowest BCUT2D eigenvalue weighted by Crippen LogP contribution is -1.52. The van der Waals surface area contributed by atoms with E-state index in [2.05, 4.69) is 0 Å². The Bertz CT molecular complexity index is 357. The molecule has 0 aliphatic heterocycles. The van der Waals surface area contributed by atoms with Gasteiger partial charge in [-0.1, -0.05) is 23.2 Å². The van der Waals surface area contributed by atoms with Gasteiger partial charge in [0, 0.05) is 15.1 Å². The first-order valence-corrected chi connectivity index (χ1v) is 6.51. The van der Waals surface area contributed by atoms with Crippen molar-refractivity contribution < 1.29 is 0 Å². The lowest BCUT2D eigenvalue weighted by molar-refractivity contribution is 1.64. The highest BCUT2D eigenvalue weighted by Gasteiger charge is 1.89. The summed E-state index contributed by atoms with van der Waals surface area (Å²) in [5.41, 5.74) is 0. The Balaban J connectivity index is 0.000000140. The number of halogens is 2. The highest BCUT2D eigenvalue weighted by molar-refractivity contribution is 7.10. The molecule has 0 saturated carbocycles. The molecule has 2 aromatic heterocycles. The van der Waals surface area contributed by atoms with Gasteiger partial charge in [-0.15, -0.1) is 22.7 Å². The van der Waals surface area contributed by atoms with E-state index in [4.69, 9.17) is 23.2 Å². The van der Waals surface area contributed by atoms with Crippen LogP contribution in [0.25, 0.3) is 0 Å². The molecule has 0 radical (unpaired) electrons. The molecular formula is C10H10Cl2S2. The summed E-state index contributed by atoms with van der Waals surface area (Å²) in [5, 5.41) is 5.64. The molecule has 0 fully saturated rings. The maximum absolute atomic E-state index is 5.63. The van der Waals surface area contributed by atoms with E-state index < -0.39 is 0 Å². The van der Waals surface area contributed by atoms with Crippen LogP contribution in [0.15, 0.2) is 22.9 Å². The summed E-state index contributed by atoms with van der Waals surface area (Å²) in [5.74, 6) is 0. The van der Waals surface area contributed by atoms with E-state index in [-0.39, 0.29) is 0 Å². The van der Waals surface area contributed by atoms with E-state index in [1.54, 1.807) is 22.7 Å². The molecular weight excluding hydrogens is 255 g/mol. The van der Waals surface area contributed by atoms with Gasteiger partial charge in [0.25, 0.3) is 0 Å². The Morgan fingerprint density at radius 3 is 2.00 bits per heavy atom. The van der Waals surface area contributed by atoms with Crippen molar-refractivity contribution in [2.45, 2.75) is 13.8 Å². The largest absolute Gasteiger partial charge is 0.148 e. The van der Waals surface area contributed by atoms with Crippen molar-refractivity contribution >= 4 is 45.9 Å². The Morgan fingerprint density at radius 2 is 1.86 bits per heavy atom. The Kier molecular flexibility index (Phi) is 4.96. The highest BCUT2D eigenvalue weighted by Crippen LogP contribution is 2.19. The summed E-state index contributed by atoms with van der Waals surface area (Å²) < 4.78 is 0. The Hall–Kier alpha value is -0.0200. The second-order valence-electron chi connectivity index (χ2n) is 2.70. The normalized spacial score (nSPS) is 9.43. The number of rotatable bonds is 0. The summed E-state index contributed by atoms with van der Waals surface area (Å²) in [6.45, 7) is 4.05. The zero-order valence-electron chi connectivity index (χ0n) is 7.88. The minimum absolute atomic E-state index is 0.850. The van der Waals surface area contributed by atoms with Crippen molar-refractivity contribution in [3.05, 3.63) is 42.7 Å². The third kappa shape index (κ3) is 4.01. The molecule has 0 saturated heterocycles. The summed E-state index contributed by atoms with van der Waals surface area (Å²) in [6.07, 6.45) is 0. The molecule has 0 spiro atoms. The third-order valence-corrected chi connectivity index (χ3v) is 4.07. The van der Waals surface area contributed by atoms with Gasteiger partial charge >= 0.3 is 0 Å². The molecule has 0 unspecified atom stereocenters. The van der Waals surface area contributed by atoms with Crippen LogP contribution in [0.4, 0.5) is 0 Å². The Morgan fingerprint density at radius 1 is 1.14 bits per heavy atom. The molecule has 0 aromatic carbocycles.